The molecule has 2 N–H and O–H groups in total. The molecule has 0 amide bonds. The molecule has 0 unspecified atom stereocenters. The predicted octanol–water partition coefficient (Wildman–Crippen LogP) is 5.86. The molecule has 194 valence electrons. The van der Waals surface area contributed by atoms with Gasteiger partial charge in [-0.3, -0.25) is 4.79 Å². The van der Waals surface area contributed by atoms with E-state index < -0.39 is 5.97 Å². The Bertz CT molecular complexity index is 1330. The summed E-state index contributed by atoms with van der Waals surface area (Å²) in [5.41, 5.74) is 5.76. The number of hydrogen-bond acceptors (Lipinski definition) is 4. The van der Waals surface area contributed by atoms with Crippen LogP contribution >= 0.6 is 0 Å². The van der Waals surface area contributed by atoms with E-state index in [2.05, 4.69) is 6.92 Å². The van der Waals surface area contributed by atoms with Crippen LogP contribution in [0.15, 0.2) is 91.0 Å². The molecule has 5 nitrogen and oxygen atoms in total. The Morgan fingerprint density at radius 2 is 1.31 bits per heavy atom. The fourth-order valence-electron chi connectivity index (χ4n) is 4.24. The number of benzene rings is 4. The molecule has 0 aromatic heterocycles. The van der Waals surface area contributed by atoms with E-state index in [9.17, 15) is 9.90 Å². The van der Waals surface area contributed by atoms with E-state index in [-0.39, 0.29) is 71.3 Å². The van der Waals surface area contributed by atoms with E-state index in [1.54, 1.807) is 6.07 Å². The minimum atomic E-state index is -0.834. The van der Waals surface area contributed by atoms with Crippen LogP contribution in [0.5, 0.6) is 17.2 Å². The summed E-state index contributed by atoms with van der Waals surface area (Å²) in [5.74, 6) is 0.727. The third-order valence-corrected chi connectivity index (χ3v) is 6.23. The number of carboxylic acids is 1. The molecule has 0 heterocycles. The number of ether oxygens (including phenoxy) is 2. The number of rotatable bonds is 12. The zero-order valence-corrected chi connectivity index (χ0v) is 21.0. The minimum absolute atomic E-state index is 0. The van der Waals surface area contributed by atoms with E-state index in [0.717, 1.165) is 39.8 Å². The van der Waals surface area contributed by atoms with Crippen LogP contribution in [-0.4, -0.2) is 88.5 Å². The van der Waals surface area contributed by atoms with Crippen molar-refractivity contribution in [3.63, 3.8) is 0 Å². The van der Waals surface area contributed by atoms with E-state index in [1.807, 2.05) is 84.9 Å². The van der Waals surface area contributed by atoms with Gasteiger partial charge >= 0.3 is 65.1 Å². The molecule has 0 saturated heterocycles. The van der Waals surface area contributed by atoms with E-state index in [1.165, 1.54) is 0 Å². The second kappa shape index (κ2) is 16.8. The Morgan fingerprint density at radius 3 is 1.90 bits per heavy atom. The number of phenolic OH excluding ortho intramolecular Hbond substituents is 1. The fraction of sp³-hybridized carbons (Fsp3) is 0.219. The molecule has 0 bridgehead atoms. The normalized spacial score (nSPS) is 10.2. The van der Waals surface area contributed by atoms with Gasteiger partial charge in [0.2, 0.25) is 0 Å². The van der Waals surface area contributed by atoms with E-state index >= 15 is 0 Å². The van der Waals surface area contributed by atoms with Gasteiger partial charge in [0.15, 0.2) is 0 Å². The van der Waals surface area contributed by atoms with Crippen molar-refractivity contribution >= 4 is 65.1 Å². The average molecular weight is 545 g/mol. The summed E-state index contributed by atoms with van der Waals surface area (Å²) in [6, 6.07) is 29.4. The molecule has 0 saturated carbocycles. The van der Waals surface area contributed by atoms with Crippen molar-refractivity contribution in [2.24, 2.45) is 0 Å². The van der Waals surface area contributed by atoms with E-state index in [0.29, 0.717) is 37.6 Å². The van der Waals surface area contributed by atoms with Crippen LogP contribution in [0.2, 0.25) is 0 Å². The average Bonchev–Trinajstić information content (AvgIpc) is 2.93. The van der Waals surface area contributed by atoms with Crippen LogP contribution in [0.4, 0.5) is 0 Å². The van der Waals surface area contributed by atoms with Crippen LogP contribution in [0, 0.1) is 0 Å². The van der Waals surface area contributed by atoms with Gasteiger partial charge in [0.1, 0.15) is 17.2 Å². The SMILES string of the molecule is CCc1cc(-c2ccccc2)c(O)cc1OCCCOc1cc(-c2ccccc2)ccc1CCC(=O)O.[NaH].[NaH]. The molecular weight excluding hydrogens is 510 g/mol. The number of phenols is 1. The van der Waals surface area contributed by atoms with Crippen molar-refractivity contribution in [3.05, 3.63) is 102 Å². The molecule has 0 atom stereocenters. The van der Waals surface area contributed by atoms with Crippen molar-refractivity contribution in [3.8, 4) is 39.5 Å². The van der Waals surface area contributed by atoms with Gasteiger partial charge in [-0.2, -0.15) is 0 Å². The van der Waals surface area contributed by atoms with Crippen molar-refractivity contribution in [1.29, 1.82) is 0 Å². The third-order valence-electron chi connectivity index (χ3n) is 6.23. The summed E-state index contributed by atoms with van der Waals surface area (Å²) in [6.07, 6.45) is 1.87. The Labute approximate surface area is 274 Å². The van der Waals surface area contributed by atoms with Gasteiger partial charge in [-0.15, -0.1) is 0 Å². The fourth-order valence-corrected chi connectivity index (χ4v) is 4.24. The number of hydrogen-bond donors (Lipinski definition) is 2. The maximum absolute atomic E-state index is 11.1. The van der Waals surface area contributed by atoms with Gasteiger partial charge in [0.25, 0.3) is 0 Å². The molecular formula is C32H34Na2O5. The summed E-state index contributed by atoms with van der Waals surface area (Å²) in [7, 11) is 0. The first kappa shape index (κ1) is 33.0. The first-order valence-corrected chi connectivity index (χ1v) is 12.6. The van der Waals surface area contributed by atoms with Crippen LogP contribution in [0.1, 0.15) is 30.9 Å². The molecule has 0 aliphatic rings. The van der Waals surface area contributed by atoms with Crippen LogP contribution < -0.4 is 9.47 Å². The Kier molecular flexibility index (Phi) is 14.2. The van der Waals surface area contributed by atoms with Crippen molar-refractivity contribution in [2.75, 3.05) is 13.2 Å². The second-order valence-electron chi connectivity index (χ2n) is 8.83. The third kappa shape index (κ3) is 9.42. The Morgan fingerprint density at radius 1 is 0.718 bits per heavy atom. The van der Waals surface area contributed by atoms with Crippen LogP contribution in [0.25, 0.3) is 22.3 Å². The molecule has 0 fully saturated rings. The van der Waals surface area contributed by atoms with Gasteiger partial charge < -0.3 is 19.7 Å². The molecule has 0 radical (unpaired) electrons. The van der Waals surface area contributed by atoms with Gasteiger partial charge in [0.05, 0.1) is 13.2 Å². The first-order valence-electron chi connectivity index (χ1n) is 12.6. The summed E-state index contributed by atoms with van der Waals surface area (Å²) < 4.78 is 12.1. The maximum atomic E-state index is 11.1. The Hall–Kier alpha value is -2.25. The monoisotopic (exact) mass is 544 g/mol. The summed E-state index contributed by atoms with van der Waals surface area (Å²) in [4.78, 5) is 11.1. The standard InChI is InChI=1S/C32H32O5.2Na.2H/c1-2-23-20-28(25-12-7-4-8-13-25)29(33)22-31(23)37-19-9-18-36-30-21-27(24-10-5-3-6-11-24)15-14-26(30)16-17-32(34)35;;;;/h3-8,10-15,20-22,33H,2,9,16-19H2,1H3,(H,34,35);;;;. The second-order valence-corrected chi connectivity index (χ2v) is 8.83. The van der Waals surface area contributed by atoms with Crippen molar-refractivity contribution in [2.45, 2.75) is 32.6 Å². The van der Waals surface area contributed by atoms with Crippen LogP contribution in [-0.2, 0) is 17.6 Å². The molecule has 4 rings (SSSR count). The number of carboxylic acid groups (broad SMARTS) is 1. The molecule has 4 aromatic carbocycles. The predicted molar refractivity (Wildman–Crippen MR) is 161 cm³/mol. The molecule has 39 heavy (non-hydrogen) atoms. The zero-order valence-electron chi connectivity index (χ0n) is 21.0. The number of aliphatic carboxylic acids is 1. The number of carbonyl (C=O) groups is 1. The Balaban J connectivity index is 0.00000267. The van der Waals surface area contributed by atoms with Crippen molar-refractivity contribution < 1.29 is 24.5 Å². The number of aryl methyl sites for hydroxylation is 2. The molecule has 0 aliphatic carbocycles. The number of aromatic hydroxyl groups is 1. The summed E-state index contributed by atoms with van der Waals surface area (Å²) in [5, 5.41) is 19.7. The molecule has 0 aliphatic heterocycles. The van der Waals surface area contributed by atoms with Gasteiger partial charge in [-0.25, -0.2) is 0 Å². The molecule has 0 spiro atoms. The van der Waals surface area contributed by atoms with Gasteiger partial charge in [0, 0.05) is 24.5 Å². The van der Waals surface area contributed by atoms with Gasteiger partial charge in [-0.1, -0.05) is 79.7 Å². The molecule has 7 heteroatoms. The van der Waals surface area contributed by atoms with Crippen molar-refractivity contribution in [1.82, 2.24) is 0 Å². The first-order chi connectivity index (χ1) is 18.0. The van der Waals surface area contributed by atoms with E-state index in [4.69, 9.17) is 14.6 Å². The summed E-state index contributed by atoms with van der Waals surface area (Å²) >= 11 is 0. The van der Waals surface area contributed by atoms with Crippen LogP contribution in [0.3, 0.4) is 0 Å². The topological polar surface area (TPSA) is 76.0 Å². The molecule has 4 aromatic rings. The zero-order chi connectivity index (χ0) is 26.0. The summed E-state index contributed by atoms with van der Waals surface area (Å²) in [6.45, 7) is 2.92. The quantitative estimate of drug-likeness (QED) is 0.173. The van der Waals surface area contributed by atoms with Gasteiger partial charge in [-0.05, 0) is 52.8 Å².